The zero-order valence-corrected chi connectivity index (χ0v) is 19.8. The van der Waals surface area contributed by atoms with Gasteiger partial charge in [-0.05, 0) is 61.1 Å². The molecule has 1 saturated carbocycles. The van der Waals surface area contributed by atoms with Gasteiger partial charge in [-0.25, -0.2) is 4.79 Å². The van der Waals surface area contributed by atoms with Crippen LogP contribution in [-0.2, 0) is 22.4 Å². The highest BCUT2D eigenvalue weighted by Gasteiger charge is 2.29. The zero-order chi connectivity index (χ0) is 22.5. The van der Waals surface area contributed by atoms with Crippen molar-refractivity contribution in [3.63, 3.8) is 0 Å². The molecule has 6 nitrogen and oxygen atoms in total. The van der Waals surface area contributed by atoms with Gasteiger partial charge >= 0.3 is 6.09 Å². The fraction of sp³-hybridized carbons (Fsp3) is 0.458. The topological polar surface area (TPSA) is 82.4 Å². The molecule has 1 fully saturated rings. The van der Waals surface area contributed by atoms with Crippen LogP contribution < -0.4 is 5.32 Å². The quantitative estimate of drug-likeness (QED) is 0.571. The number of thiophene rings is 2. The van der Waals surface area contributed by atoms with Crippen molar-refractivity contribution in [3.8, 4) is 6.07 Å². The van der Waals surface area contributed by atoms with E-state index < -0.39 is 0 Å². The summed E-state index contributed by atoms with van der Waals surface area (Å²) >= 11 is 3.03. The monoisotopic (exact) mass is 469 g/mol. The molecule has 0 bridgehead atoms. The third-order valence-electron chi connectivity index (χ3n) is 6.26. The highest BCUT2D eigenvalue weighted by atomic mass is 32.1. The highest BCUT2D eigenvalue weighted by molar-refractivity contribution is 7.16. The van der Waals surface area contributed by atoms with Crippen LogP contribution in [0.4, 0.5) is 9.80 Å². The summed E-state index contributed by atoms with van der Waals surface area (Å²) in [5, 5.41) is 15.1. The summed E-state index contributed by atoms with van der Waals surface area (Å²) in [6, 6.07) is 6.45. The lowest BCUT2D eigenvalue weighted by Gasteiger charge is -2.26. The Bertz CT molecular complexity index is 1030. The molecule has 0 aromatic carbocycles. The van der Waals surface area contributed by atoms with E-state index >= 15 is 0 Å². The van der Waals surface area contributed by atoms with Crippen molar-refractivity contribution in [2.45, 2.75) is 51.0 Å². The van der Waals surface area contributed by atoms with Crippen molar-refractivity contribution in [1.82, 2.24) is 4.90 Å². The predicted molar refractivity (Wildman–Crippen MR) is 128 cm³/mol. The Balaban J connectivity index is 1.35. The Morgan fingerprint density at radius 2 is 2.16 bits per heavy atom. The zero-order valence-electron chi connectivity index (χ0n) is 18.1. The second-order valence-electron chi connectivity index (χ2n) is 8.39. The summed E-state index contributed by atoms with van der Waals surface area (Å²) in [5.74, 6) is -0.00942. The predicted octanol–water partition coefficient (Wildman–Crippen LogP) is 5.45. The molecule has 2 aromatic rings. The standard InChI is InChI=1S/C24H27N3O3S2/c1-27(17-5-2-3-6-17)24(29)30-15-16-8-10-19-20(14-25)23(32-21(19)13-16)26-22(28)11-9-18-7-4-12-31-18/h4,7,9,11-12,16-17H,2-3,5-6,8,10,13,15H2,1H3,(H,26,28)/b11-9+. The molecule has 0 radical (unpaired) electrons. The molecule has 32 heavy (non-hydrogen) atoms. The second-order valence-corrected chi connectivity index (χ2v) is 10.5. The van der Waals surface area contributed by atoms with E-state index in [2.05, 4.69) is 11.4 Å². The largest absolute Gasteiger partial charge is 0.449 e. The van der Waals surface area contributed by atoms with Crippen molar-refractivity contribution < 1.29 is 14.3 Å². The van der Waals surface area contributed by atoms with E-state index in [0.717, 1.165) is 47.4 Å². The van der Waals surface area contributed by atoms with Gasteiger partial charge in [0.05, 0.1) is 12.2 Å². The van der Waals surface area contributed by atoms with Gasteiger partial charge in [-0.1, -0.05) is 18.9 Å². The summed E-state index contributed by atoms with van der Waals surface area (Å²) in [4.78, 5) is 28.6. The smallest absolute Gasteiger partial charge is 0.409 e. The second kappa shape index (κ2) is 10.3. The van der Waals surface area contributed by atoms with E-state index in [1.165, 1.54) is 30.3 Å². The maximum Gasteiger partial charge on any atom is 0.409 e. The average Bonchev–Trinajstić information content (AvgIpc) is 3.56. The number of nitrogens with zero attached hydrogens (tertiary/aromatic N) is 2. The molecule has 8 heteroatoms. The summed E-state index contributed by atoms with van der Waals surface area (Å²) in [7, 11) is 1.83. The average molecular weight is 470 g/mol. The van der Waals surface area contributed by atoms with E-state index in [9.17, 15) is 14.9 Å². The number of carbonyl (C=O) groups excluding carboxylic acids is 2. The summed E-state index contributed by atoms with van der Waals surface area (Å²) < 4.78 is 5.61. The molecule has 0 saturated heterocycles. The lowest BCUT2D eigenvalue weighted by molar-refractivity contribution is -0.111. The number of carbonyl (C=O) groups is 2. The van der Waals surface area contributed by atoms with Gasteiger partial charge in [0, 0.05) is 28.9 Å². The molecule has 2 amide bonds. The first-order valence-electron chi connectivity index (χ1n) is 11.0. The van der Waals surface area contributed by atoms with Gasteiger partial charge in [0.15, 0.2) is 0 Å². The molecule has 168 valence electrons. The number of nitriles is 1. The maximum absolute atomic E-state index is 12.4. The SMILES string of the molecule is CN(C(=O)OCC1CCc2c(sc(NC(=O)/C=C/c3cccs3)c2C#N)C1)C1CCCC1. The number of ether oxygens (including phenoxy) is 1. The molecule has 1 N–H and O–H groups in total. The lowest BCUT2D eigenvalue weighted by Crippen LogP contribution is -2.36. The van der Waals surface area contributed by atoms with Gasteiger partial charge in [-0.2, -0.15) is 5.26 Å². The van der Waals surface area contributed by atoms with Crippen LogP contribution in [0.15, 0.2) is 23.6 Å². The Morgan fingerprint density at radius 1 is 1.34 bits per heavy atom. The van der Waals surface area contributed by atoms with E-state index in [1.54, 1.807) is 22.3 Å². The van der Waals surface area contributed by atoms with Gasteiger partial charge in [0.25, 0.3) is 0 Å². The minimum absolute atomic E-state index is 0.232. The van der Waals surface area contributed by atoms with Crippen LogP contribution in [0.2, 0.25) is 0 Å². The minimum atomic E-state index is -0.242. The molecule has 2 aliphatic carbocycles. The van der Waals surface area contributed by atoms with E-state index in [4.69, 9.17) is 4.74 Å². The van der Waals surface area contributed by atoms with Crippen LogP contribution in [0.25, 0.3) is 6.08 Å². The summed E-state index contributed by atoms with van der Waals surface area (Å²) in [6.07, 6.45) is 9.88. The van der Waals surface area contributed by atoms with E-state index in [0.29, 0.717) is 23.2 Å². The molecular weight excluding hydrogens is 442 g/mol. The first-order valence-corrected chi connectivity index (χ1v) is 12.7. The number of rotatable bonds is 6. The molecule has 2 aromatic heterocycles. The molecule has 0 spiro atoms. The van der Waals surface area contributed by atoms with Gasteiger partial charge in [-0.15, -0.1) is 22.7 Å². The Hall–Kier alpha value is -2.63. The van der Waals surface area contributed by atoms with Gasteiger partial charge in [0.2, 0.25) is 5.91 Å². The Morgan fingerprint density at radius 3 is 2.88 bits per heavy atom. The summed E-state index contributed by atoms with van der Waals surface area (Å²) in [5.41, 5.74) is 1.60. The number of nitrogens with one attached hydrogen (secondary N) is 1. The third kappa shape index (κ3) is 5.22. The molecule has 0 aliphatic heterocycles. The number of hydrogen-bond donors (Lipinski definition) is 1. The third-order valence-corrected chi connectivity index (χ3v) is 8.27. The van der Waals surface area contributed by atoms with Crippen LogP contribution in [-0.4, -0.2) is 36.6 Å². The molecule has 2 aliphatic rings. The Labute approximate surface area is 196 Å². The van der Waals surface area contributed by atoms with Crippen LogP contribution in [0.3, 0.4) is 0 Å². The summed E-state index contributed by atoms with van der Waals surface area (Å²) in [6.45, 7) is 0.389. The molecule has 1 unspecified atom stereocenters. The normalized spacial score (nSPS) is 18.3. The first-order chi connectivity index (χ1) is 15.5. The van der Waals surface area contributed by atoms with Crippen molar-refractivity contribution in [1.29, 1.82) is 5.26 Å². The van der Waals surface area contributed by atoms with Crippen LogP contribution in [0.5, 0.6) is 0 Å². The van der Waals surface area contributed by atoms with E-state index in [-0.39, 0.29) is 17.9 Å². The van der Waals surface area contributed by atoms with Gasteiger partial charge < -0.3 is 15.0 Å². The van der Waals surface area contributed by atoms with Crippen molar-refractivity contribution in [2.75, 3.05) is 19.0 Å². The van der Waals surface area contributed by atoms with Gasteiger partial charge in [0.1, 0.15) is 11.1 Å². The van der Waals surface area contributed by atoms with Crippen molar-refractivity contribution >= 4 is 45.8 Å². The van der Waals surface area contributed by atoms with Crippen molar-refractivity contribution in [2.24, 2.45) is 5.92 Å². The molecule has 4 rings (SSSR count). The lowest BCUT2D eigenvalue weighted by atomic mass is 9.88. The minimum Gasteiger partial charge on any atom is -0.449 e. The molecular formula is C24H27N3O3S2. The maximum atomic E-state index is 12.4. The highest BCUT2D eigenvalue weighted by Crippen LogP contribution is 2.39. The van der Waals surface area contributed by atoms with Crippen molar-refractivity contribution in [3.05, 3.63) is 44.5 Å². The molecule has 2 heterocycles. The fourth-order valence-electron chi connectivity index (χ4n) is 4.43. The molecule has 1 atom stereocenters. The van der Waals surface area contributed by atoms with Gasteiger partial charge in [-0.3, -0.25) is 4.79 Å². The number of anilines is 1. The first kappa shape index (κ1) is 22.6. The van der Waals surface area contributed by atoms with Crippen LogP contribution in [0, 0.1) is 17.2 Å². The fourth-order valence-corrected chi connectivity index (χ4v) is 6.37. The Kier molecular flexibility index (Phi) is 7.28. The number of hydrogen-bond acceptors (Lipinski definition) is 6. The van der Waals surface area contributed by atoms with Crippen LogP contribution in [0.1, 0.15) is 53.0 Å². The number of amides is 2. The van der Waals surface area contributed by atoms with Crippen LogP contribution >= 0.6 is 22.7 Å². The van der Waals surface area contributed by atoms with E-state index in [1.807, 2.05) is 24.6 Å². The number of fused-ring (bicyclic) bond motifs is 1.